The minimum Gasteiger partial charge on any atom is -0.344 e. The van der Waals surface area contributed by atoms with Gasteiger partial charge in [0.2, 0.25) is 0 Å². The van der Waals surface area contributed by atoms with Crippen molar-refractivity contribution in [3.63, 3.8) is 0 Å². The molecule has 0 atom stereocenters. The third-order valence-electron chi connectivity index (χ3n) is 2.09. The van der Waals surface area contributed by atoms with E-state index in [4.69, 9.17) is 0 Å². The summed E-state index contributed by atoms with van der Waals surface area (Å²) < 4.78 is 0. The van der Waals surface area contributed by atoms with Crippen LogP contribution in [0, 0.1) is 11.3 Å². The van der Waals surface area contributed by atoms with Gasteiger partial charge in [0, 0.05) is 12.3 Å². The third-order valence-corrected chi connectivity index (χ3v) is 2.09. The maximum Gasteiger partial charge on any atom is 0.156 e. The van der Waals surface area contributed by atoms with Crippen LogP contribution in [0.4, 0.5) is 0 Å². The number of aldehydes is 1. The molecule has 0 saturated heterocycles. The van der Waals surface area contributed by atoms with E-state index in [0.29, 0.717) is 6.42 Å². The van der Waals surface area contributed by atoms with Crippen LogP contribution < -0.4 is 12.3 Å². The highest BCUT2D eigenvalue weighted by Crippen LogP contribution is 2.32. The van der Waals surface area contributed by atoms with Crippen molar-refractivity contribution in [2.75, 3.05) is 0 Å². The second-order valence-corrected chi connectivity index (χ2v) is 5.35. The smallest absolute Gasteiger partial charge is 0.156 e. The molecule has 1 rings (SSSR count). The van der Waals surface area contributed by atoms with Crippen molar-refractivity contribution in [3.05, 3.63) is 11.6 Å². The van der Waals surface area contributed by atoms with Crippen LogP contribution in [0.15, 0.2) is 11.6 Å². The molecule has 0 saturated carbocycles. The number of hydrogen-bond donors (Lipinski definition) is 2. The average Bonchev–Trinajstić information content (AvgIpc) is 2.00. The van der Waals surface area contributed by atoms with Crippen LogP contribution in [0.25, 0.3) is 0 Å². The van der Waals surface area contributed by atoms with Gasteiger partial charge in [0.15, 0.2) is 5.78 Å². The van der Waals surface area contributed by atoms with E-state index in [9.17, 15) is 9.59 Å². The summed E-state index contributed by atoms with van der Waals surface area (Å²) in [5, 5.41) is 0. The zero-order chi connectivity index (χ0) is 12.1. The Balaban J connectivity index is -0.000000247. The fraction of sp³-hybridized carbons (Fsp3) is 0.692. The lowest BCUT2D eigenvalue weighted by molar-refractivity contribution is -0.117. The molecule has 4 heteroatoms. The van der Waals surface area contributed by atoms with Crippen molar-refractivity contribution in [1.82, 2.24) is 12.3 Å². The SMILES string of the molecule is CC(C)C=O.CC1=CC(=O)CC(C)(C)C1.N.N. The molecule has 4 nitrogen and oxygen atoms in total. The van der Waals surface area contributed by atoms with Gasteiger partial charge in [0.25, 0.3) is 0 Å². The maximum absolute atomic E-state index is 11.0. The van der Waals surface area contributed by atoms with Gasteiger partial charge in [-0.15, -0.1) is 0 Å². The topological polar surface area (TPSA) is 104 Å². The van der Waals surface area contributed by atoms with Gasteiger partial charge in [-0.3, -0.25) is 4.79 Å². The Kier molecular flexibility index (Phi) is 11.4. The first-order valence-corrected chi connectivity index (χ1v) is 5.42. The quantitative estimate of drug-likeness (QED) is 0.689. The Morgan fingerprint density at radius 3 is 1.88 bits per heavy atom. The second kappa shape index (κ2) is 9.07. The summed E-state index contributed by atoms with van der Waals surface area (Å²) in [6.07, 6.45) is 4.47. The number of allylic oxidation sites excluding steroid dienone is 2. The number of carbonyl (C=O) groups excluding carboxylic acids is 2. The Morgan fingerprint density at radius 1 is 1.24 bits per heavy atom. The first-order valence-electron chi connectivity index (χ1n) is 5.42. The number of hydrogen-bond acceptors (Lipinski definition) is 4. The zero-order valence-electron chi connectivity index (χ0n) is 11.9. The molecule has 1 aliphatic rings. The predicted molar refractivity (Wildman–Crippen MR) is 72.7 cm³/mol. The maximum atomic E-state index is 11.0. The molecule has 0 bridgehead atoms. The summed E-state index contributed by atoms with van der Waals surface area (Å²) >= 11 is 0. The van der Waals surface area contributed by atoms with Gasteiger partial charge in [0.05, 0.1) is 0 Å². The lowest BCUT2D eigenvalue weighted by Gasteiger charge is -2.27. The summed E-state index contributed by atoms with van der Waals surface area (Å²) in [5.41, 5.74) is 1.43. The van der Waals surface area contributed by atoms with E-state index in [2.05, 4.69) is 13.8 Å². The number of rotatable bonds is 1. The van der Waals surface area contributed by atoms with Crippen LogP contribution in [0.5, 0.6) is 0 Å². The average molecular weight is 244 g/mol. The number of carbonyl (C=O) groups is 2. The van der Waals surface area contributed by atoms with E-state index in [1.54, 1.807) is 6.08 Å². The summed E-state index contributed by atoms with van der Waals surface area (Å²) in [6, 6.07) is 0. The highest BCUT2D eigenvalue weighted by Gasteiger charge is 2.25. The molecule has 17 heavy (non-hydrogen) atoms. The Labute approximate surface area is 105 Å². The van der Waals surface area contributed by atoms with Crippen molar-refractivity contribution in [2.45, 2.75) is 47.5 Å². The minimum absolute atomic E-state index is 0. The molecule has 0 radical (unpaired) electrons. The molecule has 0 heterocycles. The summed E-state index contributed by atoms with van der Waals surface area (Å²) in [6.45, 7) is 10.0. The third kappa shape index (κ3) is 11.3. The minimum atomic E-state index is 0. The first-order chi connectivity index (χ1) is 6.76. The molecular formula is C13H28N2O2. The molecule has 0 aromatic heterocycles. The molecule has 0 spiro atoms. The Bertz CT molecular complexity index is 269. The van der Waals surface area contributed by atoms with Gasteiger partial charge in [-0.25, -0.2) is 0 Å². The van der Waals surface area contributed by atoms with Crippen molar-refractivity contribution < 1.29 is 9.59 Å². The molecular weight excluding hydrogens is 216 g/mol. The molecule has 1 aliphatic carbocycles. The van der Waals surface area contributed by atoms with Gasteiger partial charge in [0.1, 0.15) is 6.29 Å². The largest absolute Gasteiger partial charge is 0.344 e. The van der Waals surface area contributed by atoms with E-state index in [1.807, 2.05) is 20.8 Å². The zero-order valence-corrected chi connectivity index (χ0v) is 11.9. The van der Waals surface area contributed by atoms with Crippen molar-refractivity contribution >= 4 is 12.1 Å². The van der Waals surface area contributed by atoms with Crippen LogP contribution in [0.3, 0.4) is 0 Å². The normalized spacial score (nSPS) is 16.8. The summed E-state index contributed by atoms with van der Waals surface area (Å²) in [4.78, 5) is 20.5. The molecule has 6 N–H and O–H groups in total. The molecule has 0 unspecified atom stereocenters. The monoisotopic (exact) mass is 244 g/mol. The van der Waals surface area contributed by atoms with Crippen molar-refractivity contribution in [3.8, 4) is 0 Å². The summed E-state index contributed by atoms with van der Waals surface area (Å²) in [7, 11) is 0. The molecule has 0 aliphatic heterocycles. The predicted octanol–water partition coefficient (Wildman–Crippen LogP) is 3.49. The number of ketones is 1. The van der Waals surface area contributed by atoms with Crippen molar-refractivity contribution in [2.24, 2.45) is 11.3 Å². The van der Waals surface area contributed by atoms with Crippen LogP contribution in [0.1, 0.15) is 47.5 Å². The van der Waals surface area contributed by atoms with Crippen LogP contribution in [-0.2, 0) is 9.59 Å². The van der Waals surface area contributed by atoms with Gasteiger partial charge in [-0.05, 0) is 24.8 Å². The van der Waals surface area contributed by atoms with Gasteiger partial charge < -0.3 is 17.1 Å². The lowest BCUT2D eigenvalue weighted by Crippen LogP contribution is -2.20. The molecule has 0 aromatic carbocycles. The molecule has 102 valence electrons. The van der Waals surface area contributed by atoms with Gasteiger partial charge >= 0.3 is 0 Å². The fourth-order valence-corrected chi connectivity index (χ4v) is 1.67. The highest BCUT2D eigenvalue weighted by molar-refractivity contribution is 5.91. The van der Waals surface area contributed by atoms with Gasteiger partial charge in [-0.2, -0.15) is 0 Å². The van der Waals surface area contributed by atoms with Crippen LogP contribution in [-0.4, -0.2) is 12.1 Å². The van der Waals surface area contributed by atoms with Gasteiger partial charge in [-0.1, -0.05) is 33.3 Å². The van der Waals surface area contributed by atoms with E-state index in [1.165, 1.54) is 5.57 Å². The van der Waals surface area contributed by atoms with Crippen molar-refractivity contribution in [1.29, 1.82) is 0 Å². The Hall–Kier alpha value is -1.00. The second-order valence-electron chi connectivity index (χ2n) is 5.35. The van der Waals surface area contributed by atoms with E-state index < -0.39 is 0 Å². The van der Waals surface area contributed by atoms with E-state index >= 15 is 0 Å². The molecule has 0 aromatic rings. The Morgan fingerprint density at radius 2 is 1.65 bits per heavy atom. The fourth-order valence-electron chi connectivity index (χ4n) is 1.67. The van der Waals surface area contributed by atoms with E-state index in [0.717, 1.165) is 12.7 Å². The van der Waals surface area contributed by atoms with E-state index in [-0.39, 0.29) is 29.4 Å². The molecule has 0 fully saturated rings. The standard InChI is InChI=1S/C9H14O.C4H8O.2H3N/c1-7-4-8(10)6-9(2,3)5-7;1-4(2)3-5;;/h4H,5-6H2,1-3H3;3-4H,1-2H3;2*1H3. The van der Waals surface area contributed by atoms with Crippen LogP contribution in [0.2, 0.25) is 0 Å². The first kappa shape index (κ1) is 21.3. The summed E-state index contributed by atoms with van der Waals surface area (Å²) in [5.74, 6) is 0.490. The lowest BCUT2D eigenvalue weighted by atomic mass is 9.77. The highest BCUT2D eigenvalue weighted by atomic mass is 16.1. The van der Waals surface area contributed by atoms with Crippen LogP contribution >= 0.6 is 0 Å². The molecule has 0 amide bonds.